The monoisotopic (exact) mass is 427 g/mol. The second-order valence-electron chi connectivity index (χ2n) is 7.72. The van der Waals surface area contributed by atoms with E-state index in [1.807, 2.05) is 31.2 Å². The maximum atomic E-state index is 12.9. The number of amides is 1. The molecule has 8 heteroatoms. The van der Waals surface area contributed by atoms with Gasteiger partial charge in [-0.2, -0.15) is 0 Å². The maximum Gasteiger partial charge on any atom is 0.251 e. The Hall–Kier alpha value is -1.44. The molecule has 2 aliphatic rings. The minimum absolute atomic E-state index is 0. The predicted molar refractivity (Wildman–Crippen MR) is 114 cm³/mol. The fraction of sp³-hybridized carbons (Fsp3) is 0.500. The van der Waals surface area contributed by atoms with Crippen LogP contribution in [-0.2, 0) is 4.74 Å². The Balaban J connectivity index is 0.00000140. The van der Waals surface area contributed by atoms with Gasteiger partial charge in [0.25, 0.3) is 5.91 Å². The van der Waals surface area contributed by atoms with Crippen LogP contribution in [0.25, 0.3) is 10.9 Å². The molecular formula is C20H27Cl2N3O3. The number of nitrogens with one attached hydrogen (secondary N) is 2. The summed E-state index contributed by atoms with van der Waals surface area (Å²) in [5, 5.41) is 17.9. The van der Waals surface area contributed by atoms with Crippen LogP contribution < -0.4 is 10.6 Å². The first-order chi connectivity index (χ1) is 12.5. The van der Waals surface area contributed by atoms with Gasteiger partial charge in [-0.3, -0.25) is 9.78 Å². The number of benzene rings is 1. The topological polar surface area (TPSA) is 83.5 Å². The molecule has 0 saturated carbocycles. The number of pyridine rings is 1. The number of aliphatic hydroxyl groups excluding tert-OH is 1. The fourth-order valence-electron chi connectivity index (χ4n) is 4.16. The number of halogens is 2. The van der Waals surface area contributed by atoms with Gasteiger partial charge >= 0.3 is 0 Å². The van der Waals surface area contributed by atoms with Crippen molar-refractivity contribution in [2.45, 2.75) is 43.4 Å². The van der Waals surface area contributed by atoms with E-state index in [-0.39, 0.29) is 42.9 Å². The molecule has 2 aliphatic heterocycles. The lowest BCUT2D eigenvalue weighted by Gasteiger charge is -2.50. The number of aliphatic hydroxyl groups is 1. The largest absolute Gasteiger partial charge is 0.388 e. The lowest BCUT2D eigenvalue weighted by atomic mass is 9.75. The molecule has 2 atom stereocenters. The van der Waals surface area contributed by atoms with Gasteiger partial charge in [0.15, 0.2) is 0 Å². The van der Waals surface area contributed by atoms with Gasteiger partial charge in [-0.15, -0.1) is 24.8 Å². The Morgan fingerprint density at radius 1 is 1.29 bits per heavy atom. The van der Waals surface area contributed by atoms with Crippen LogP contribution in [0.4, 0.5) is 0 Å². The molecule has 1 spiro atoms. The van der Waals surface area contributed by atoms with Gasteiger partial charge in [0.05, 0.1) is 23.3 Å². The Morgan fingerprint density at radius 2 is 2.04 bits per heavy atom. The van der Waals surface area contributed by atoms with Crippen molar-refractivity contribution in [1.82, 2.24) is 15.6 Å². The van der Waals surface area contributed by atoms with E-state index < -0.39 is 11.6 Å². The second-order valence-corrected chi connectivity index (χ2v) is 7.72. The summed E-state index contributed by atoms with van der Waals surface area (Å²) in [5.41, 5.74) is 0.455. The summed E-state index contributed by atoms with van der Waals surface area (Å²) < 4.78 is 6.01. The highest BCUT2D eigenvalue weighted by Crippen LogP contribution is 2.38. The Morgan fingerprint density at radius 3 is 2.79 bits per heavy atom. The van der Waals surface area contributed by atoms with Crippen LogP contribution in [0, 0.1) is 0 Å². The highest BCUT2D eigenvalue weighted by Gasteiger charge is 2.49. The molecule has 0 unspecified atom stereocenters. The molecule has 3 N–H and O–H groups in total. The van der Waals surface area contributed by atoms with Crippen LogP contribution in [0.15, 0.2) is 36.5 Å². The summed E-state index contributed by atoms with van der Waals surface area (Å²) in [5.74, 6) is -0.178. The van der Waals surface area contributed by atoms with Crippen molar-refractivity contribution in [1.29, 1.82) is 0 Å². The van der Waals surface area contributed by atoms with Crippen LogP contribution in [0.1, 0.15) is 36.5 Å². The van der Waals surface area contributed by atoms with Gasteiger partial charge < -0.3 is 20.5 Å². The van der Waals surface area contributed by atoms with Crippen LogP contribution in [0.3, 0.4) is 0 Å². The molecule has 2 saturated heterocycles. The molecule has 28 heavy (non-hydrogen) atoms. The van der Waals surface area contributed by atoms with E-state index >= 15 is 0 Å². The maximum absolute atomic E-state index is 12.9. The molecule has 154 valence electrons. The quantitative estimate of drug-likeness (QED) is 0.685. The minimum atomic E-state index is -0.728. The molecule has 1 aromatic carbocycles. The molecule has 0 radical (unpaired) electrons. The molecule has 6 nitrogen and oxygen atoms in total. The van der Waals surface area contributed by atoms with E-state index in [9.17, 15) is 9.90 Å². The summed E-state index contributed by atoms with van der Waals surface area (Å²) >= 11 is 0. The van der Waals surface area contributed by atoms with Crippen molar-refractivity contribution in [3.05, 3.63) is 42.1 Å². The molecule has 1 amide bonds. The summed E-state index contributed by atoms with van der Waals surface area (Å²) in [6, 6.07) is 9.26. The molecular weight excluding hydrogens is 401 g/mol. The van der Waals surface area contributed by atoms with Gasteiger partial charge in [-0.05, 0) is 57.1 Å². The van der Waals surface area contributed by atoms with E-state index in [4.69, 9.17) is 4.74 Å². The van der Waals surface area contributed by atoms with E-state index in [1.54, 1.807) is 12.3 Å². The highest BCUT2D eigenvalue weighted by atomic mass is 35.5. The number of fused-ring (bicyclic) bond motifs is 1. The average molecular weight is 428 g/mol. The van der Waals surface area contributed by atoms with Crippen molar-refractivity contribution in [2.75, 3.05) is 19.7 Å². The molecule has 2 fully saturated rings. The van der Waals surface area contributed by atoms with E-state index in [2.05, 4.69) is 15.6 Å². The zero-order valence-corrected chi connectivity index (χ0v) is 17.4. The normalized spacial score (nSPS) is 26.1. The third kappa shape index (κ3) is 4.42. The van der Waals surface area contributed by atoms with Gasteiger partial charge in [-0.1, -0.05) is 6.07 Å². The minimum Gasteiger partial charge on any atom is -0.388 e. The molecule has 2 aromatic rings. The van der Waals surface area contributed by atoms with E-state index in [0.717, 1.165) is 36.8 Å². The lowest BCUT2D eigenvalue weighted by Crippen LogP contribution is -2.65. The summed E-state index contributed by atoms with van der Waals surface area (Å²) in [7, 11) is 0. The van der Waals surface area contributed by atoms with Crippen LogP contribution >= 0.6 is 24.8 Å². The first-order valence-corrected chi connectivity index (χ1v) is 9.20. The first-order valence-electron chi connectivity index (χ1n) is 9.20. The molecule has 3 heterocycles. The van der Waals surface area contributed by atoms with Crippen LogP contribution in [0.5, 0.6) is 0 Å². The number of carbonyl (C=O) groups excluding carboxylic acids is 1. The third-order valence-corrected chi connectivity index (χ3v) is 5.75. The Labute approximate surface area is 177 Å². The van der Waals surface area contributed by atoms with Gasteiger partial charge in [0, 0.05) is 23.6 Å². The second kappa shape index (κ2) is 8.93. The Bertz CT molecular complexity index is 829. The highest BCUT2D eigenvalue weighted by molar-refractivity contribution is 5.98. The van der Waals surface area contributed by atoms with E-state index in [0.29, 0.717) is 12.0 Å². The van der Waals surface area contributed by atoms with Crippen LogP contribution in [-0.4, -0.2) is 52.9 Å². The number of rotatable bonds is 2. The van der Waals surface area contributed by atoms with Crippen molar-refractivity contribution in [2.24, 2.45) is 0 Å². The lowest BCUT2D eigenvalue weighted by molar-refractivity contribution is -0.169. The SMILES string of the molecule is C[C@]1(NC(=O)c2ccc3ncccc3c2)CC2(CCNCC2)OC[C@@H]1O.Cl.Cl. The van der Waals surface area contributed by atoms with Crippen molar-refractivity contribution in [3.8, 4) is 0 Å². The van der Waals surface area contributed by atoms with Crippen molar-refractivity contribution in [3.63, 3.8) is 0 Å². The number of piperidine rings is 1. The van der Waals surface area contributed by atoms with Gasteiger partial charge in [0.2, 0.25) is 0 Å². The van der Waals surface area contributed by atoms with Gasteiger partial charge in [0.1, 0.15) is 6.10 Å². The third-order valence-electron chi connectivity index (χ3n) is 5.75. The molecule has 0 bridgehead atoms. The zero-order valence-electron chi connectivity index (χ0n) is 15.8. The van der Waals surface area contributed by atoms with Crippen molar-refractivity contribution < 1.29 is 14.6 Å². The van der Waals surface area contributed by atoms with E-state index in [1.165, 1.54) is 0 Å². The summed E-state index contributed by atoms with van der Waals surface area (Å²) in [6.07, 6.45) is 3.41. The molecule has 4 rings (SSSR count). The summed E-state index contributed by atoms with van der Waals surface area (Å²) in [4.78, 5) is 17.2. The fourth-order valence-corrected chi connectivity index (χ4v) is 4.16. The van der Waals surface area contributed by atoms with Crippen molar-refractivity contribution >= 4 is 41.6 Å². The number of carbonyl (C=O) groups is 1. The first kappa shape index (κ1) is 22.8. The molecule has 1 aromatic heterocycles. The standard InChI is InChI=1S/C20H25N3O3.2ClH/c1-19(13-20(26-12-17(19)24)6-9-21-10-7-20)23-18(25)15-4-5-16-14(11-15)3-2-8-22-16;;/h2-5,8,11,17,21,24H,6-7,9-10,12-13H2,1H3,(H,23,25);2*1H/t17-,19-;;/m0../s1. The molecule has 0 aliphatic carbocycles. The zero-order chi connectivity index (χ0) is 18.2. The number of aromatic nitrogens is 1. The average Bonchev–Trinajstić information content (AvgIpc) is 2.65. The number of ether oxygens (including phenoxy) is 1. The smallest absolute Gasteiger partial charge is 0.251 e. The Kier molecular flexibility index (Phi) is 7.28. The number of hydrogen-bond acceptors (Lipinski definition) is 5. The summed E-state index contributed by atoms with van der Waals surface area (Å²) in [6.45, 7) is 3.97. The predicted octanol–water partition coefficient (Wildman–Crippen LogP) is 2.47. The van der Waals surface area contributed by atoms with Gasteiger partial charge in [-0.25, -0.2) is 0 Å². The van der Waals surface area contributed by atoms with Crippen LogP contribution in [0.2, 0.25) is 0 Å². The number of nitrogens with zero attached hydrogens (tertiary/aromatic N) is 1. The number of hydrogen-bond donors (Lipinski definition) is 3.